The molecule has 0 saturated carbocycles. The molecule has 1 N–H and O–H groups in total. The molecule has 0 atom stereocenters. The molecule has 1 aromatic carbocycles. The summed E-state index contributed by atoms with van der Waals surface area (Å²) >= 11 is 0. The molecule has 3 aromatic rings. The average molecular weight is 532 g/mol. The summed E-state index contributed by atoms with van der Waals surface area (Å²) in [6, 6.07) is 10.4. The second-order valence-corrected chi connectivity index (χ2v) is 13.3. The highest BCUT2D eigenvalue weighted by Crippen LogP contribution is 2.33. The van der Waals surface area contributed by atoms with Crippen molar-refractivity contribution in [1.82, 2.24) is 19.4 Å². The van der Waals surface area contributed by atoms with Crippen LogP contribution in [0.4, 0.5) is 5.95 Å². The lowest BCUT2D eigenvalue weighted by Gasteiger charge is -2.45. The fourth-order valence-electron chi connectivity index (χ4n) is 6.76. The van der Waals surface area contributed by atoms with Crippen molar-refractivity contribution >= 4 is 17.0 Å². The molecule has 7 nitrogen and oxygen atoms in total. The van der Waals surface area contributed by atoms with Gasteiger partial charge in [0.15, 0.2) is 0 Å². The summed E-state index contributed by atoms with van der Waals surface area (Å²) < 4.78 is 7.55. The minimum Gasteiger partial charge on any atom is -0.381 e. The fourth-order valence-corrected chi connectivity index (χ4v) is 6.76. The summed E-state index contributed by atoms with van der Waals surface area (Å²) in [6.07, 6.45) is 6.76. The van der Waals surface area contributed by atoms with E-state index in [1.54, 1.807) is 0 Å². The largest absolute Gasteiger partial charge is 0.381 e. The zero-order chi connectivity index (χ0) is 27.8. The van der Waals surface area contributed by atoms with Gasteiger partial charge >= 0.3 is 0 Å². The first kappa shape index (κ1) is 27.8. The van der Waals surface area contributed by atoms with Crippen molar-refractivity contribution in [3.63, 3.8) is 0 Å². The van der Waals surface area contributed by atoms with Crippen molar-refractivity contribution in [2.45, 2.75) is 91.3 Å². The molecule has 0 bridgehead atoms. The first-order chi connectivity index (χ1) is 18.5. The Labute approximate surface area is 233 Å². The summed E-state index contributed by atoms with van der Waals surface area (Å²) in [4.78, 5) is 26.3. The number of aryl methyl sites for hydroxylation is 1. The number of anilines is 1. The summed E-state index contributed by atoms with van der Waals surface area (Å²) in [5.74, 6) is 0.610. The minimum atomic E-state index is 0.0164. The molecule has 0 aliphatic carbocycles. The number of pyridine rings is 1. The van der Waals surface area contributed by atoms with Crippen LogP contribution in [0.3, 0.4) is 0 Å². The molecular formula is C32H45N5O2. The Hall–Kier alpha value is -2.77. The van der Waals surface area contributed by atoms with E-state index in [2.05, 4.69) is 57.8 Å². The van der Waals surface area contributed by atoms with Crippen LogP contribution in [0.1, 0.15) is 78.3 Å². The van der Waals surface area contributed by atoms with Gasteiger partial charge in [0.1, 0.15) is 5.65 Å². The van der Waals surface area contributed by atoms with E-state index < -0.39 is 0 Å². The number of nitrogens with one attached hydrogen (secondary N) is 1. The van der Waals surface area contributed by atoms with E-state index in [1.165, 1.54) is 6.42 Å². The molecule has 210 valence electrons. The highest BCUT2D eigenvalue weighted by Gasteiger charge is 2.34. The van der Waals surface area contributed by atoms with Gasteiger partial charge in [0.25, 0.3) is 5.56 Å². The van der Waals surface area contributed by atoms with Crippen LogP contribution in [0.15, 0.2) is 41.3 Å². The molecular weight excluding hydrogens is 486 g/mol. The molecule has 2 aliphatic heterocycles. The maximum Gasteiger partial charge on any atom is 0.260 e. The summed E-state index contributed by atoms with van der Waals surface area (Å²) in [6.45, 7) is 17.2. The Morgan fingerprint density at radius 2 is 1.69 bits per heavy atom. The molecule has 4 heterocycles. The monoisotopic (exact) mass is 531 g/mol. The van der Waals surface area contributed by atoms with Gasteiger partial charge in [-0.05, 0) is 75.5 Å². The second-order valence-electron chi connectivity index (χ2n) is 13.3. The molecule has 0 amide bonds. The van der Waals surface area contributed by atoms with Crippen LogP contribution in [-0.4, -0.2) is 57.3 Å². The van der Waals surface area contributed by atoms with Gasteiger partial charge in [0.2, 0.25) is 5.95 Å². The van der Waals surface area contributed by atoms with Crippen molar-refractivity contribution < 1.29 is 4.74 Å². The number of benzene rings is 1. The number of ether oxygens (including phenoxy) is 1. The molecule has 5 rings (SSSR count). The van der Waals surface area contributed by atoms with Crippen molar-refractivity contribution in [3.05, 3.63) is 52.4 Å². The summed E-state index contributed by atoms with van der Waals surface area (Å²) in [7, 11) is 0. The molecule has 2 saturated heterocycles. The van der Waals surface area contributed by atoms with E-state index in [-0.39, 0.29) is 17.1 Å². The van der Waals surface area contributed by atoms with Crippen molar-refractivity contribution in [2.75, 3.05) is 31.6 Å². The van der Waals surface area contributed by atoms with Gasteiger partial charge in [-0.1, -0.05) is 45.0 Å². The van der Waals surface area contributed by atoms with Gasteiger partial charge in [-0.25, -0.2) is 4.98 Å². The van der Waals surface area contributed by atoms with E-state index >= 15 is 0 Å². The fraction of sp³-hybridized carbons (Fsp3) is 0.594. The quantitative estimate of drug-likeness (QED) is 0.408. The highest BCUT2D eigenvalue weighted by molar-refractivity contribution is 5.82. The topological polar surface area (TPSA) is 72.3 Å². The lowest BCUT2D eigenvalue weighted by molar-refractivity contribution is 0.0565. The number of nitrogens with zero attached hydrogens (tertiary/aromatic N) is 4. The predicted molar refractivity (Wildman–Crippen MR) is 159 cm³/mol. The molecule has 2 aliphatic rings. The maximum absolute atomic E-state index is 14.0. The number of fused-ring (bicyclic) bond motifs is 1. The first-order valence-electron chi connectivity index (χ1n) is 14.6. The van der Waals surface area contributed by atoms with E-state index in [0.717, 1.165) is 55.3 Å². The SMILES string of the molecule is Cc1ccccc1-c1cc2cnc(NC3CCN(C(C)(C)CC(C)(C)C)CC3)nc2n(C2CCOCC2)c1=O. The van der Waals surface area contributed by atoms with Gasteiger partial charge < -0.3 is 10.1 Å². The third-order valence-electron chi connectivity index (χ3n) is 8.41. The van der Waals surface area contributed by atoms with Gasteiger partial charge in [0, 0.05) is 61.1 Å². The third kappa shape index (κ3) is 6.20. The molecule has 2 aromatic heterocycles. The van der Waals surface area contributed by atoms with E-state index in [1.807, 2.05) is 35.0 Å². The Balaban J connectivity index is 1.42. The van der Waals surface area contributed by atoms with Gasteiger partial charge in [-0.3, -0.25) is 14.3 Å². The van der Waals surface area contributed by atoms with Crippen LogP contribution in [0.25, 0.3) is 22.2 Å². The zero-order valence-corrected chi connectivity index (χ0v) is 24.6. The number of rotatable bonds is 6. The van der Waals surface area contributed by atoms with Crippen LogP contribution in [0.2, 0.25) is 0 Å². The van der Waals surface area contributed by atoms with Crippen molar-refractivity contribution in [3.8, 4) is 11.1 Å². The van der Waals surface area contributed by atoms with Crippen molar-refractivity contribution in [2.24, 2.45) is 5.41 Å². The smallest absolute Gasteiger partial charge is 0.260 e. The van der Waals surface area contributed by atoms with Gasteiger partial charge in [0.05, 0.1) is 0 Å². The minimum absolute atomic E-state index is 0.0164. The van der Waals surface area contributed by atoms with E-state index in [4.69, 9.17) is 14.7 Å². The molecule has 0 unspecified atom stereocenters. The Bertz CT molecular complexity index is 1360. The lowest BCUT2D eigenvalue weighted by Crippen LogP contribution is -2.51. The number of hydrogen-bond donors (Lipinski definition) is 1. The number of piperidine rings is 1. The summed E-state index contributed by atoms with van der Waals surface area (Å²) in [5.41, 5.74) is 3.97. The molecule has 39 heavy (non-hydrogen) atoms. The zero-order valence-electron chi connectivity index (χ0n) is 24.6. The molecule has 2 fully saturated rings. The molecule has 0 radical (unpaired) electrons. The van der Waals surface area contributed by atoms with Crippen LogP contribution >= 0.6 is 0 Å². The first-order valence-corrected chi connectivity index (χ1v) is 14.6. The van der Waals surface area contributed by atoms with Crippen molar-refractivity contribution in [1.29, 1.82) is 0 Å². The third-order valence-corrected chi connectivity index (χ3v) is 8.41. The standard InChI is InChI=1S/C32H45N5O2/c1-22-9-7-8-10-26(22)27-19-23-20-33-30(35-28(23)37(29(27)38)25-13-17-39-18-14-25)34-24-11-15-36(16-12-24)32(5,6)21-31(2,3)4/h7-10,19-20,24-25H,11-18,21H2,1-6H3,(H,33,34,35). The highest BCUT2D eigenvalue weighted by atomic mass is 16.5. The second kappa shape index (κ2) is 11.0. The predicted octanol–water partition coefficient (Wildman–Crippen LogP) is 6.21. The lowest BCUT2D eigenvalue weighted by atomic mass is 9.80. The molecule has 7 heteroatoms. The van der Waals surface area contributed by atoms with E-state index in [9.17, 15) is 4.79 Å². The maximum atomic E-state index is 14.0. The van der Waals surface area contributed by atoms with Gasteiger partial charge in [-0.2, -0.15) is 4.98 Å². The average Bonchev–Trinajstić information content (AvgIpc) is 2.88. The Morgan fingerprint density at radius 3 is 2.36 bits per heavy atom. The molecule has 0 spiro atoms. The Morgan fingerprint density at radius 1 is 1.00 bits per heavy atom. The van der Waals surface area contributed by atoms with E-state index in [0.29, 0.717) is 41.8 Å². The number of likely N-dealkylation sites (tertiary alicyclic amines) is 1. The summed E-state index contributed by atoms with van der Waals surface area (Å²) in [5, 5.41) is 4.50. The number of hydrogen-bond acceptors (Lipinski definition) is 6. The Kier molecular flexibility index (Phi) is 7.84. The van der Waals surface area contributed by atoms with Crippen LogP contribution in [0, 0.1) is 12.3 Å². The normalized spacial score (nSPS) is 18.5. The van der Waals surface area contributed by atoms with Crippen LogP contribution in [0.5, 0.6) is 0 Å². The van der Waals surface area contributed by atoms with Crippen LogP contribution in [-0.2, 0) is 4.74 Å². The van der Waals surface area contributed by atoms with Crippen LogP contribution < -0.4 is 10.9 Å². The van der Waals surface area contributed by atoms with Gasteiger partial charge in [-0.15, -0.1) is 0 Å². The number of aromatic nitrogens is 3.